The number of hydrogen-bond donors (Lipinski definition) is 0. The molecule has 0 spiro atoms. The Bertz CT molecular complexity index is 536. The minimum Gasteiger partial charge on any atom is -0.269 e. The van der Waals surface area contributed by atoms with Crippen LogP contribution in [0.4, 0.5) is 14.1 Å². The highest BCUT2D eigenvalue weighted by molar-refractivity contribution is 7.97. The van der Waals surface area contributed by atoms with Crippen molar-refractivity contribution in [1.82, 2.24) is 0 Å². The molecule has 0 saturated carbocycles. The van der Waals surface area contributed by atoms with E-state index in [1.807, 2.05) is 0 Å². The molecule has 3 aromatic rings. The second-order valence-corrected chi connectivity index (χ2v) is 6.27. The van der Waals surface area contributed by atoms with Gasteiger partial charge in [-0.15, -0.1) is 0 Å². The van der Waals surface area contributed by atoms with Gasteiger partial charge in [0, 0.05) is 0 Å². The van der Waals surface area contributed by atoms with Crippen molar-refractivity contribution in [2.45, 2.75) is 14.7 Å². The first-order chi connectivity index (χ1) is 9.45. The molecule has 0 fully saturated rings. The van der Waals surface area contributed by atoms with E-state index in [4.69, 9.17) is 0 Å². The molecule has 0 radical (unpaired) electrons. The van der Waals surface area contributed by atoms with E-state index in [1.54, 1.807) is 0 Å². The SMILES string of the molecule is F.F.F.c1ccc([S+](c2ccccc2)c2ccccc2)cc1. The molecular weight excluding hydrogens is 305 g/mol. The summed E-state index contributed by atoms with van der Waals surface area (Å²) in [6, 6.07) is 32.2. The zero-order valence-corrected chi connectivity index (χ0v) is 12.6. The van der Waals surface area contributed by atoms with Crippen LogP contribution in [0.25, 0.3) is 0 Å². The van der Waals surface area contributed by atoms with Gasteiger partial charge in [-0.2, -0.15) is 0 Å². The maximum atomic E-state index is 2.21. The molecule has 0 aliphatic rings. The predicted molar refractivity (Wildman–Crippen MR) is 89.0 cm³/mol. The third kappa shape index (κ3) is 4.40. The van der Waals surface area contributed by atoms with Crippen LogP contribution in [0.3, 0.4) is 0 Å². The molecule has 22 heavy (non-hydrogen) atoms. The molecule has 0 aliphatic carbocycles. The minimum atomic E-state index is -0.0146. The summed E-state index contributed by atoms with van der Waals surface area (Å²) in [7, 11) is -0.0146. The van der Waals surface area contributed by atoms with E-state index in [0.717, 1.165) is 0 Å². The lowest BCUT2D eigenvalue weighted by Gasteiger charge is -2.07. The maximum Gasteiger partial charge on any atom is 0.166 e. The van der Waals surface area contributed by atoms with Crippen molar-refractivity contribution in [1.29, 1.82) is 0 Å². The number of halogens is 3. The highest BCUT2D eigenvalue weighted by Crippen LogP contribution is 2.30. The van der Waals surface area contributed by atoms with Gasteiger partial charge in [-0.3, -0.25) is 14.1 Å². The number of benzene rings is 3. The van der Waals surface area contributed by atoms with Gasteiger partial charge in [0.05, 0.1) is 10.9 Å². The van der Waals surface area contributed by atoms with Crippen LogP contribution in [0.2, 0.25) is 0 Å². The first kappa shape index (κ1) is 19.8. The Morgan fingerprint density at radius 3 is 0.818 bits per heavy atom. The van der Waals surface area contributed by atoms with Crippen molar-refractivity contribution >= 4 is 10.9 Å². The second-order valence-electron chi connectivity index (χ2n) is 4.25. The molecule has 0 nitrogen and oxygen atoms in total. The summed E-state index contributed by atoms with van der Waals surface area (Å²) in [5.74, 6) is 0. The molecule has 0 saturated heterocycles. The summed E-state index contributed by atoms with van der Waals surface area (Å²) < 4.78 is 0. The van der Waals surface area contributed by atoms with Crippen LogP contribution >= 0.6 is 0 Å². The summed E-state index contributed by atoms with van der Waals surface area (Å²) >= 11 is 0. The molecule has 0 amide bonds. The van der Waals surface area contributed by atoms with Gasteiger partial charge < -0.3 is 0 Å². The number of hydrogen-bond acceptors (Lipinski definition) is 0. The van der Waals surface area contributed by atoms with Gasteiger partial charge in [-0.25, -0.2) is 0 Å². The van der Waals surface area contributed by atoms with Crippen molar-refractivity contribution < 1.29 is 14.1 Å². The standard InChI is InChI=1S/C18H15S.3FH/c1-4-10-16(11-5-1)19(17-12-6-2-7-13-17)18-14-8-3-9-15-18;;;/h1-15H;3*1H/q+1;;;. The fraction of sp³-hybridized carbons (Fsp3) is 0. The van der Waals surface area contributed by atoms with Crippen LogP contribution in [0.5, 0.6) is 0 Å². The summed E-state index contributed by atoms with van der Waals surface area (Å²) in [5, 5.41) is 0. The highest BCUT2D eigenvalue weighted by Gasteiger charge is 2.27. The zero-order valence-electron chi connectivity index (χ0n) is 11.8. The van der Waals surface area contributed by atoms with Gasteiger partial charge in [-0.1, -0.05) is 54.6 Å². The van der Waals surface area contributed by atoms with Crippen LogP contribution < -0.4 is 0 Å². The Morgan fingerprint density at radius 2 is 0.591 bits per heavy atom. The van der Waals surface area contributed by atoms with E-state index >= 15 is 0 Å². The van der Waals surface area contributed by atoms with Crippen LogP contribution in [0.15, 0.2) is 106 Å². The van der Waals surface area contributed by atoms with Crippen molar-refractivity contribution in [3.05, 3.63) is 91.0 Å². The fourth-order valence-electron chi connectivity index (χ4n) is 2.08. The summed E-state index contributed by atoms with van der Waals surface area (Å²) in [6.45, 7) is 0. The first-order valence-electron chi connectivity index (χ1n) is 6.34. The van der Waals surface area contributed by atoms with Crippen LogP contribution in [0, 0.1) is 0 Å². The van der Waals surface area contributed by atoms with Gasteiger partial charge in [0.1, 0.15) is 0 Å². The first-order valence-corrected chi connectivity index (χ1v) is 7.57. The average Bonchev–Trinajstić information content (AvgIpc) is 2.51. The summed E-state index contributed by atoms with van der Waals surface area (Å²) in [5.41, 5.74) is 0. The topological polar surface area (TPSA) is 0 Å². The van der Waals surface area contributed by atoms with Crippen LogP contribution in [0.1, 0.15) is 0 Å². The van der Waals surface area contributed by atoms with E-state index < -0.39 is 0 Å². The lowest BCUT2D eigenvalue weighted by atomic mass is 10.4. The lowest BCUT2D eigenvalue weighted by molar-refractivity contribution is 1.11. The average molecular weight is 323 g/mol. The molecule has 0 unspecified atom stereocenters. The molecule has 0 atom stereocenters. The van der Waals surface area contributed by atoms with E-state index in [-0.39, 0.29) is 25.0 Å². The molecule has 4 heteroatoms. The summed E-state index contributed by atoms with van der Waals surface area (Å²) in [4.78, 5) is 4.08. The van der Waals surface area contributed by atoms with Gasteiger partial charge >= 0.3 is 0 Å². The Labute approximate surface area is 131 Å². The zero-order chi connectivity index (χ0) is 12.9. The monoisotopic (exact) mass is 323 g/mol. The van der Waals surface area contributed by atoms with Gasteiger partial charge in [0.15, 0.2) is 14.7 Å². The smallest absolute Gasteiger partial charge is 0.166 e. The van der Waals surface area contributed by atoms with Crippen LogP contribution in [-0.4, -0.2) is 0 Å². The Morgan fingerprint density at radius 1 is 0.364 bits per heavy atom. The Kier molecular flexibility index (Phi) is 8.72. The maximum absolute atomic E-state index is 2.21. The molecule has 0 aromatic heterocycles. The van der Waals surface area contributed by atoms with Crippen molar-refractivity contribution in [3.63, 3.8) is 0 Å². The highest BCUT2D eigenvalue weighted by atomic mass is 32.2. The second kappa shape index (κ2) is 9.68. The molecular formula is C18H18F3S+. The third-order valence-corrected chi connectivity index (χ3v) is 5.17. The molecule has 0 heterocycles. The lowest BCUT2D eigenvalue weighted by Crippen LogP contribution is -2.04. The molecule has 0 aliphatic heterocycles. The molecule has 3 rings (SSSR count). The Balaban J connectivity index is 0.00000147. The van der Waals surface area contributed by atoms with Gasteiger partial charge in [0.2, 0.25) is 0 Å². The third-order valence-electron chi connectivity index (χ3n) is 2.94. The Hall–Kier alpha value is -2.20. The van der Waals surface area contributed by atoms with E-state index in [9.17, 15) is 0 Å². The molecule has 116 valence electrons. The van der Waals surface area contributed by atoms with Crippen molar-refractivity contribution in [2.24, 2.45) is 0 Å². The van der Waals surface area contributed by atoms with E-state index in [2.05, 4.69) is 91.0 Å². The number of rotatable bonds is 3. The van der Waals surface area contributed by atoms with E-state index in [0.29, 0.717) is 0 Å². The van der Waals surface area contributed by atoms with Gasteiger partial charge in [-0.05, 0) is 36.4 Å². The fourth-order valence-corrected chi connectivity index (χ4v) is 4.18. The molecule has 3 aromatic carbocycles. The quantitative estimate of drug-likeness (QED) is 0.578. The van der Waals surface area contributed by atoms with Crippen molar-refractivity contribution in [2.75, 3.05) is 0 Å². The minimum absolute atomic E-state index is 0. The van der Waals surface area contributed by atoms with E-state index in [1.165, 1.54) is 14.7 Å². The van der Waals surface area contributed by atoms with Crippen LogP contribution in [-0.2, 0) is 10.9 Å². The van der Waals surface area contributed by atoms with Crippen molar-refractivity contribution in [3.8, 4) is 0 Å². The predicted octanol–water partition coefficient (Wildman–Crippen LogP) is 5.24. The van der Waals surface area contributed by atoms with Gasteiger partial charge in [0.25, 0.3) is 0 Å². The summed E-state index contributed by atoms with van der Waals surface area (Å²) in [6.07, 6.45) is 0. The molecule has 0 N–H and O–H groups in total. The molecule has 0 bridgehead atoms. The normalized spacial score (nSPS) is 9.14. The largest absolute Gasteiger partial charge is 0.269 e.